The first-order chi connectivity index (χ1) is 11.9. The van der Waals surface area contributed by atoms with E-state index in [-0.39, 0.29) is 23.2 Å². The van der Waals surface area contributed by atoms with Gasteiger partial charge in [0.25, 0.3) is 0 Å². The molecule has 2 rings (SSSR count). The van der Waals surface area contributed by atoms with Gasteiger partial charge in [0, 0.05) is 23.7 Å². The smallest absolute Gasteiger partial charge is 0.410 e. The highest BCUT2D eigenvalue weighted by molar-refractivity contribution is 7.89. The Morgan fingerprint density at radius 2 is 2.00 bits per heavy atom. The lowest BCUT2D eigenvalue weighted by atomic mass is 10.2. The Hall–Kier alpha value is -1.51. The number of benzene rings is 1. The zero-order valence-corrected chi connectivity index (χ0v) is 17.1. The fourth-order valence-electron chi connectivity index (χ4n) is 2.83. The lowest BCUT2D eigenvalue weighted by Crippen LogP contribution is -2.41. The summed E-state index contributed by atoms with van der Waals surface area (Å²) in [5.74, 6) is 0.206. The van der Waals surface area contributed by atoms with E-state index < -0.39 is 27.8 Å². The Morgan fingerprint density at radius 3 is 2.58 bits per heavy atom. The molecule has 1 N–H and O–H groups in total. The highest BCUT2D eigenvalue weighted by Crippen LogP contribution is 2.28. The molecule has 1 aliphatic rings. The van der Waals surface area contributed by atoms with E-state index in [0.717, 1.165) is 0 Å². The van der Waals surface area contributed by atoms with Crippen molar-refractivity contribution in [3.05, 3.63) is 23.2 Å². The molecule has 1 fully saturated rings. The molecule has 1 aromatic rings. The molecule has 146 valence electrons. The summed E-state index contributed by atoms with van der Waals surface area (Å²) in [5.41, 5.74) is -0.609. The quantitative estimate of drug-likeness (QED) is 0.833. The van der Waals surface area contributed by atoms with Crippen molar-refractivity contribution in [2.75, 3.05) is 13.7 Å². The van der Waals surface area contributed by atoms with Crippen molar-refractivity contribution in [3.8, 4) is 5.75 Å². The molecule has 7 nitrogen and oxygen atoms in total. The maximum atomic E-state index is 12.7. The van der Waals surface area contributed by atoms with Gasteiger partial charge in [-0.25, -0.2) is 17.9 Å². The van der Waals surface area contributed by atoms with Gasteiger partial charge in [-0.2, -0.15) is 0 Å². The van der Waals surface area contributed by atoms with Crippen LogP contribution in [0.15, 0.2) is 23.1 Å². The van der Waals surface area contributed by atoms with Crippen LogP contribution in [0.1, 0.15) is 34.1 Å². The van der Waals surface area contributed by atoms with Gasteiger partial charge in [0.1, 0.15) is 16.2 Å². The molecule has 2 atom stereocenters. The van der Waals surface area contributed by atoms with Gasteiger partial charge in [-0.15, -0.1) is 0 Å². The second-order valence-corrected chi connectivity index (χ2v) is 9.45. The minimum atomic E-state index is -3.85. The Bertz CT molecular complexity index is 776. The number of hydrogen-bond acceptors (Lipinski definition) is 5. The summed E-state index contributed by atoms with van der Waals surface area (Å²) in [5, 5.41) is 0.293. The molecule has 0 unspecified atom stereocenters. The molecule has 1 heterocycles. The standard InChI is InChI=1S/C17H25ClN2O5S/c1-11-8-13(10-20(11)16(21)25-17(2,3)4)19-26(22,23)15-9-12(18)6-7-14(15)24-5/h6-7,9,11,13,19H,8,10H2,1-5H3/t11-,13+/m0/s1. The maximum Gasteiger partial charge on any atom is 0.410 e. The van der Waals surface area contributed by atoms with Crippen LogP contribution in [0.5, 0.6) is 5.75 Å². The fourth-order valence-corrected chi connectivity index (χ4v) is 4.51. The van der Waals surface area contributed by atoms with Gasteiger partial charge >= 0.3 is 6.09 Å². The molecule has 0 radical (unpaired) electrons. The number of carbonyl (C=O) groups excluding carboxylic acids is 1. The van der Waals surface area contributed by atoms with Crippen molar-refractivity contribution in [2.45, 2.75) is 56.7 Å². The first kappa shape index (κ1) is 20.8. The number of methoxy groups -OCH3 is 1. The summed E-state index contributed by atoms with van der Waals surface area (Å²) in [7, 11) is -2.46. The Labute approximate surface area is 159 Å². The molecule has 0 spiro atoms. The number of nitrogens with one attached hydrogen (secondary N) is 1. The Balaban J connectivity index is 2.14. The first-order valence-electron chi connectivity index (χ1n) is 8.28. The molecule has 0 aromatic heterocycles. The molecule has 1 aromatic carbocycles. The van der Waals surface area contributed by atoms with E-state index in [0.29, 0.717) is 11.4 Å². The normalized spacial score (nSPS) is 20.9. The Kier molecular flexibility index (Phi) is 6.09. The minimum absolute atomic E-state index is 0.0316. The van der Waals surface area contributed by atoms with E-state index in [1.165, 1.54) is 24.1 Å². The van der Waals surface area contributed by atoms with E-state index in [9.17, 15) is 13.2 Å². The predicted molar refractivity (Wildman–Crippen MR) is 99.1 cm³/mol. The molecule has 26 heavy (non-hydrogen) atoms. The van der Waals surface area contributed by atoms with Crippen LogP contribution >= 0.6 is 11.6 Å². The van der Waals surface area contributed by atoms with Crippen LogP contribution in [0.4, 0.5) is 4.79 Å². The van der Waals surface area contributed by atoms with Crippen LogP contribution in [0.3, 0.4) is 0 Å². The van der Waals surface area contributed by atoms with Crippen molar-refractivity contribution in [1.82, 2.24) is 9.62 Å². The van der Waals surface area contributed by atoms with Crippen molar-refractivity contribution < 1.29 is 22.7 Å². The SMILES string of the molecule is COc1ccc(Cl)cc1S(=O)(=O)N[C@@H]1C[C@H](C)N(C(=O)OC(C)(C)C)C1. The third-order valence-corrected chi connectivity index (χ3v) is 5.72. The number of hydrogen-bond donors (Lipinski definition) is 1. The number of sulfonamides is 1. The third-order valence-electron chi connectivity index (χ3n) is 3.94. The average molecular weight is 405 g/mol. The molecule has 9 heteroatoms. The fraction of sp³-hybridized carbons (Fsp3) is 0.588. The van der Waals surface area contributed by atoms with Crippen molar-refractivity contribution >= 4 is 27.7 Å². The van der Waals surface area contributed by atoms with E-state index in [2.05, 4.69) is 4.72 Å². The van der Waals surface area contributed by atoms with E-state index in [1.807, 2.05) is 6.92 Å². The van der Waals surface area contributed by atoms with Crippen LogP contribution in [-0.2, 0) is 14.8 Å². The Morgan fingerprint density at radius 1 is 1.35 bits per heavy atom. The summed E-state index contributed by atoms with van der Waals surface area (Å²) >= 11 is 5.93. The van der Waals surface area contributed by atoms with E-state index in [1.54, 1.807) is 26.8 Å². The van der Waals surface area contributed by atoms with Crippen LogP contribution in [0.25, 0.3) is 0 Å². The molecule has 1 saturated heterocycles. The summed E-state index contributed by atoms with van der Waals surface area (Å²) in [4.78, 5) is 13.8. The van der Waals surface area contributed by atoms with Gasteiger partial charge in [-0.1, -0.05) is 11.6 Å². The number of rotatable bonds is 4. The lowest BCUT2D eigenvalue weighted by Gasteiger charge is -2.27. The molecule has 1 aliphatic heterocycles. The average Bonchev–Trinajstić information content (AvgIpc) is 2.85. The number of nitrogens with zero attached hydrogens (tertiary/aromatic N) is 1. The lowest BCUT2D eigenvalue weighted by molar-refractivity contribution is 0.0236. The summed E-state index contributed by atoms with van der Waals surface area (Å²) in [6, 6.07) is 3.83. The minimum Gasteiger partial charge on any atom is -0.495 e. The van der Waals surface area contributed by atoms with Crippen molar-refractivity contribution in [1.29, 1.82) is 0 Å². The van der Waals surface area contributed by atoms with Crippen LogP contribution in [0, 0.1) is 0 Å². The highest BCUT2D eigenvalue weighted by atomic mass is 35.5. The predicted octanol–water partition coefficient (Wildman–Crippen LogP) is 3.02. The second-order valence-electron chi connectivity index (χ2n) is 7.33. The third kappa shape index (κ3) is 5.02. The van der Waals surface area contributed by atoms with Crippen LogP contribution < -0.4 is 9.46 Å². The van der Waals surface area contributed by atoms with Crippen molar-refractivity contribution in [3.63, 3.8) is 0 Å². The number of amides is 1. The molecule has 0 aliphatic carbocycles. The van der Waals surface area contributed by atoms with E-state index in [4.69, 9.17) is 21.1 Å². The van der Waals surface area contributed by atoms with Gasteiger partial charge < -0.3 is 14.4 Å². The van der Waals surface area contributed by atoms with Crippen LogP contribution in [0.2, 0.25) is 5.02 Å². The maximum absolute atomic E-state index is 12.7. The molecule has 0 bridgehead atoms. The number of likely N-dealkylation sites (tertiary alicyclic amines) is 1. The van der Waals surface area contributed by atoms with Crippen LogP contribution in [-0.4, -0.2) is 50.8 Å². The summed E-state index contributed by atoms with van der Waals surface area (Å²) < 4.78 is 38.6. The first-order valence-corrected chi connectivity index (χ1v) is 10.1. The van der Waals surface area contributed by atoms with Crippen molar-refractivity contribution in [2.24, 2.45) is 0 Å². The van der Waals surface area contributed by atoms with Gasteiger partial charge in [-0.05, 0) is 52.3 Å². The summed E-state index contributed by atoms with van der Waals surface area (Å²) in [6.45, 7) is 7.46. The van der Waals surface area contributed by atoms with Gasteiger partial charge in [0.2, 0.25) is 10.0 Å². The number of carbonyl (C=O) groups is 1. The monoisotopic (exact) mass is 404 g/mol. The zero-order chi connectivity index (χ0) is 19.7. The second kappa shape index (κ2) is 7.62. The number of halogens is 1. The molecule has 1 amide bonds. The van der Waals surface area contributed by atoms with Gasteiger partial charge in [0.05, 0.1) is 7.11 Å². The molecular weight excluding hydrogens is 380 g/mol. The highest BCUT2D eigenvalue weighted by Gasteiger charge is 2.37. The van der Waals surface area contributed by atoms with Gasteiger partial charge in [-0.3, -0.25) is 0 Å². The number of ether oxygens (including phenoxy) is 2. The largest absolute Gasteiger partial charge is 0.495 e. The molecular formula is C17H25ClN2O5S. The van der Waals surface area contributed by atoms with Gasteiger partial charge in [0.15, 0.2) is 0 Å². The topological polar surface area (TPSA) is 84.9 Å². The summed E-state index contributed by atoms with van der Waals surface area (Å²) in [6.07, 6.45) is 0.0356. The molecule has 0 saturated carbocycles. The van der Waals surface area contributed by atoms with E-state index >= 15 is 0 Å². The zero-order valence-electron chi connectivity index (χ0n) is 15.6.